The fourth-order valence-electron chi connectivity index (χ4n) is 1.70. The van der Waals surface area contributed by atoms with Crippen molar-refractivity contribution in [2.24, 2.45) is 0 Å². The van der Waals surface area contributed by atoms with Crippen molar-refractivity contribution in [3.8, 4) is 23.0 Å². The molecule has 0 amide bonds. The van der Waals surface area contributed by atoms with Crippen molar-refractivity contribution in [2.75, 3.05) is 14.2 Å². The number of para-hydroxylation sites is 2. The van der Waals surface area contributed by atoms with E-state index >= 15 is 0 Å². The zero-order valence-corrected chi connectivity index (χ0v) is 11.0. The molecule has 0 heterocycles. The molecule has 0 fully saturated rings. The van der Waals surface area contributed by atoms with Crippen molar-refractivity contribution < 1.29 is 19.1 Å². The lowest BCUT2D eigenvalue weighted by Crippen LogP contribution is -1.94. The van der Waals surface area contributed by atoms with E-state index in [0.717, 1.165) is 0 Å². The first-order valence-electron chi connectivity index (χ1n) is 5.79. The van der Waals surface area contributed by atoms with Gasteiger partial charge in [-0.3, -0.25) is 10.1 Å². The van der Waals surface area contributed by atoms with Gasteiger partial charge in [0.1, 0.15) is 5.75 Å². The highest BCUT2D eigenvalue weighted by atomic mass is 16.6. The van der Waals surface area contributed by atoms with E-state index in [2.05, 4.69) is 0 Å². The Morgan fingerprint density at radius 3 is 2.30 bits per heavy atom. The predicted octanol–water partition coefficient (Wildman–Crippen LogP) is 3.40. The topological polar surface area (TPSA) is 70.8 Å². The maximum atomic E-state index is 10.9. The van der Waals surface area contributed by atoms with Crippen LogP contribution in [0.3, 0.4) is 0 Å². The minimum Gasteiger partial charge on any atom is -0.493 e. The fraction of sp³-hybridized carbons (Fsp3) is 0.143. The molecule has 2 aromatic rings. The molecule has 0 aliphatic carbocycles. The van der Waals surface area contributed by atoms with Crippen molar-refractivity contribution in [1.29, 1.82) is 0 Å². The van der Waals surface area contributed by atoms with Gasteiger partial charge in [0.2, 0.25) is 5.75 Å². The summed E-state index contributed by atoms with van der Waals surface area (Å²) in [5.41, 5.74) is -0.0951. The molecule has 2 rings (SSSR count). The zero-order valence-electron chi connectivity index (χ0n) is 11.0. The Labute approximate surface area is 115 Å². The van der Waals surface area contributed by atoms with Gasteiger partial charge in [-0.2, -0.15) is 0 Å². The van der Waals surface area contributed by atoms with Gasteiger partial charge in [-0.25, -0.2) is 0 Å². The Morgan fingerprint density at radius 1 is 0.950 bits per heavy atom. The summed E-state index contributed by atoms with van der Waals surface area (Å²) in [4.78, 5) is 10.4. The Morgan fingerprint density at radius 2 is 1.65 bits per heavy atom. The Hall–Kier alpha value is -2.76. The molecule has 0 spiro atoms. The molecule has 0 saturated carbocycles. The number of rotatable bonds is 5. The Balaban J connectivity index is 2.33. The molecule has 0 saturated heterocycles. The quantitative estimate of drug-likeness (QED) is 0.617. The monoisotopic (exact) mass is 275 g/mol. The van der Waals surface area contributed by atoms with Crippen LogP contribution in [0.5, 0.6) is 23.0 Å². The number of benzene rings is 2. The molecule has 0 N–H and O–H groups in total. The highest BCUT2D eigenvalue weighted by Crippen LogP contribution is 2.35. The van der Waals surface area contributed by atoms with Crippen LogP contribution in [-0.2, 0) is 0 Å². The van der Waals surface area contributed by atoms with Crippen LogP contribution < -0.4 is 14.2 Å². The minimum absolute atomic E-state index is 0.0951. The van der Waals surface area contributed by atoms with Gasteiger partial charge in [-0.15, -0.1) is 0 Å². The summed E-state index contributed by atoms with van der Waals surface area (Å²) < 4.78 is 15.8. The standard InChI is InChI=1S/C14H13NO5/c1-18-13-8-7-10(9-14(13)19-2)20-12-6-4-3-5-11(12)15(16)17/h3-9H,1-2H3. The highest BCUT2D eigenvalue weighted by Gasteiger charge is 2.15. The number of nitro benzene ring substituents is 1. The van der Waals surface area contributed by atoms with E-state index < -0.39 is 4.92 Å². The number of nitrogens with zero attached hydrogens (tertiary/aromatic N) is 1. The summed E-state index contributed by atoms with van der Waals surface area (Å²) in [6.07, 6.45) is 0. The van der Waals surface area contributed by atoms with E-state index in [1.807, 2.05) is 0 Å². The van der Waals surface area contributed by atoms with Gasteiger partial charge in [0.15, 0.2) is 11.5 Å². The van der Waals surface area contributed by atoms with Crippen LogP contribution in [-0.4, -0.2) is 19.1 Å². The molecule has 0 bridgehead atoms. The predicted molar refractivity (Wildman–Crippen MR) is 72.7 cm³/mol. The van der Waals surface area contributed by atoms with E-state index in [1.54, 1.807) is 30.3 Å². The van der Waals surface area contributed by atoms with Crippen LogP contribution in [0.25, 0.3) is 0 Å². The number of hydrogen-bond donors (Lipinski definition) is 0. The first-order chi connectivity index (χ1) is 9.65. The third-order valence-electron chi connectivity index (χ3n) is 2.64. The SMILES string of the molecule is COc1ccc(Oc2ccccc2[N+](=O)[O-])cc1OC. The maximum Gasteiger partial charge on any atom is 0.311 e. The lowest BCUT2D eigenvalue weighted by molar-refractivity contribution is -0.385. The molecule has 0 aliphatic heterocycles. The molecule has 0 aliphatic rings. The summed E-state index contributed by atoms with van der Waals surface area (Å²) in [5, 5.41) is 10.9. The Kier molecular flexibility index (Phi) is 4.05. The molecular formula is C14H13NO5. The van der Waals surface area contributed by atoms with Gasteiger partial charge in [-0.1, -0.05) is 12.1 Å². The van der Waals surface area contributed by atoms with Crippen LogP contribution in [0.15, 0.2) is 42.5 Å². The molecular weight excluding hydrogens is 262 g/mol. The normalized spacial score (nSPS) is 9.90. The zero-order chi connectivity index (χ0) is 14.5. The Bertz CT molecular complexity index is 627. The molecule has 2 aromatic carbocycles. The summed E-state index contributed by atoms with van der Waals surface area (Å²) in [7, 11) is 3.03. The van der Waals surface area contributed by atoms with Crippen molar-refractivity contribution in [1.82, 2.24) is 0 Å². The van der Waals surface area contributed by atoms with E-state index in [0.29, 0.717) is 17.2 Å². The van der Waals surface area contributed by atoms with Gasteiger partial charge >= 0.3 is 5.69 Å². The first kappa shape index (κ1) is 13.7. The number of ether oxygens (including phenoxy) is 3. The molecule has 6 nitrogen and oxygen atoms in total. The van der Waals surface area contributed by atoms with Crippen LogP contribution in [0.1, 0.15) is 0 Å². The number of hydrogen-bond acceptors (Lipinski definition) is 5. The van der Waals surface area contributed by atoms with Crippen molar-refractivity contribution in [3.63, 3.8) is 0 Å². The van der Waals surface area contributed by atoms with E-state index in [4.69, 9.17) is 14.2 Å². The second-order valence-corrected chi connectivity index (χ2v) is 3.84. The second-order valence-electron chi connectivity index (χ2n) is 3.84. The average Bonchev–Trinajstić information content (AvgIpc) is 2.47. The largest absolute Gasteiger partial charge is 0.493 e. The smallest absolute Gasteiger partial charge is 0.311 e. The van der Waals surface area contributed by atoms with Crippen molar-refractivity contribution in [2.45, 2.75) is 0 Å². The van der Waals surface area contributed by atoms with Gasteiger partial charge in [0, 0.05) is 12.1 Å². The van der Waals surface area contributed by atoms with E-state index in [-0.39, 0.29) is 11.4 Å². The van der Waals surface area contributed by atoms with Gasteiger partial charge in [-0.05, 0) is 18.2 Å². The number of nitro groups is 1. The van der Waals surface area contributed by atoms with E-state index in [1.165, 1.54) is 26.4 Å². The molecule has 20 heavy (non-hydrogen) atoms. The lowest BCUT2D eigenvalue weighted by atomic mass is 10.2. The molecule has 104 valence electrons. The summed E-state index contributed by atoms with van der Waals surface area (Å²) in [6, 6.07) is 11.1. The maximum absolute atomic E-state index is 10.9. The van der Waals surface area contributed by atoms with Gasteiger partial charge in [0.25, 0.3) is 0 Å². The first-order valence-corrected chi connectivity index (χ1v) is 5.79. The van der Waals surface area contributed by atoms with E-state index in [9.17, 15) is 10.1 Å². The summed E-state index contributed by atoms with van der Waals surface area (Å²) in [6.45, 7) is 0. The minimum atomic E-state index is -0.490. The van der Waals surface area contributed by atoms with Crippen LogP contribution in [0.4, 0.5) is 5.69 Å². The highest BCUT2D eigenvalue weighted by molar-refractivity contribution is 5.51. The van der Waals surface area contributed by atoms with Crippen molar-refractivity contribution >= 4 is 5.69 Å². The molecule has 0 aromatic heterocycles. The fourth-order valence-corrected chi connectivity index (χ4v) is 1.70. The second kappa shape index (κ2) is 5.92. The van der Waals surface area contributed by atoms with Crippen LogP contribution in [0.2, 0.25) is 0 Å². The van der Waals surface area contributed by atoms with Gasteiger partial charge < -0.3 is 14.2 Å². The average molecular weight is 275 g/mol. The summed E-state index contributed by atoms with van der Waals surface area (Å²) in [5.74, 6) is 1.65. The van der Waals surface area contributed by atoms with Crippen molar-refractivity contribution in [3.05, 3.63) is 52.6 Å². The molecule has 0 radical (unpaired) electrons. The van der Waals surface area contributed by atoms with Gasteiger partial charge in [0.05, 0.1) is 19.1 Å². The lowest BCUT2D eigenvalue weighted by Gasteiger charge is -2.10. The third kappa shape index (κ3) is 2.80. The summed E-state index contributed by atoms with van der Waals surface area (Å²) >= 11 is 0. The molecule has 0 unspecified atom stereocenters. The molecule has 6 heteroatoms. The number of methoxy groups -OCH3 is 2. The third-order valence-corrected chi connectivity index (χ3v) is 2.64. The van der Waals surface area contributed by atoms with Crippen LogP contribution >= 0.6 is 0 Å². The van der Waals surface area contributed by atoms with Crippen LogP contribution in [0, 0.1) is 10.1 Å². The molecule has 0 atom stereocenters.